The Morgan fingerprint density at radius 3 is 2.10 bits per heavy atom. The lowest BCUT2D eigenvalue weighted by Crippen LogP contribution is -2.36. The van der Waals surface area contributed by atoms with Gasteiger partial charge in [-0.3, -0.25) is 4.72 Å². The molecule has 0 amide bonds. The van der Waals surface area contributed by atoms with Gasteiger partial charge in [0.05, 0.1) is 22.4 Å². The highest BCUT2D eigenvalue weighted by molar-refractivity contribution is 9.11. The van der Waals surface area contributed by atoms with Crippen LogP contribution in [0.5, 0.6) is 0 Å². The van der Waals surface area contributed by atoms with Crippen LogP contribution < -0.4 is 10.5 Å². The molecular formula is C11H14Br2N2O4S2. The predicted octanol–water partition coefficient (Wildman–Crippen LogP) is 2.11. The zero-order valence-electron chi connectivity index (χ0n) is 10.8. The Morgan fingerprint density at radius 2 is 1.62 bits per heavy atom. The van der Waals surface area contributed by atoms with Crippen molar-refractivity contribution in [3.8, 4) is 0 Å². The Hall–Kier alpha value is -0.320. The molecular weight excluding hydrogens is 448 g/mol. The molecule has 118 valence electrons. The van der Waals surface area contributed by atoms with Gasteiger partial charge in [0.25, 0.3) is 0 Å². The molecule has 1 aromatic rings. The molecule has 1 heterocycles. The van der Waals surface area contributed by atoms with Gasteiger partial charge in [0.2, 0.25) is 10.0 Å². The number of anilines is 2. The van der Waals surface area contributed by atoms with Crippen LogP contribution in [0.15, 0.2) is 21.1 Å². The number of sulfone groups is 1. The summed E-state index contributed by atoms with van der Waals surface area (Å²) in [5.74, 6) is -0.189. The minimum Gasteiger partial charge on any atom is -0.399 e. The first kappa shape index (κ1) is 17.0. The van der Waals surface area contributed by atoms with Crippen molar-refractivity contribution in [1.29, 1.82) is 0 Å². The number of hydrogen-bond acceptors (Lipinski definition) is 5. The van der Waals surface area contributed by atoms with Crippen LogP contribution in [0.1, 0.15) is 12.8 Å². The van der Waals surface area contributed by atoms with E-state index < -0.39 is 25.1 Å². The summed E-state index contributed by atoms with van der Waals surface area (Å²) in [5.41, 5.74) is 6.51. The van der Waals surface area contributed by atoms with E-state index in [4.69, 9.17) is 5.73 Å². The number of nitrogens with one attached hydrogen (secondary N) is 1. The SMILES string of the molecule is Nc1cc(Br)c(NS(=O)(=O)C2CCS(=O)(=O)CC2)c(Br)c1. The minimum atomic E-state index is -3.66. The van der Waals surface area contributed by atoms with E-state index in [0.717, 1.165) is 0 Å². The Morgan fingerprint density at radius 1 is 1.14 bits per heavy atom. The number of nitrogens with two attached hydrogens (primary N) is 1. The van der Waals surface area contributed by atoms with Gasteiger partial charge in [-0.05, 0) is 56.8 Å². The highest BCUT2D eigenvalue weighted by atomic mass is 79.9. The average Bonchev–Trinajstić information content (AvgIpc) is 2.33. The quantitative estimate of drug-likeness (QED) is 0.670. The van der Waals surface area contributed by atoms with Crippen LogP contribution in [0.25, 0.3) is 0 Å². The van der Waals surface area contributed by atoms with Gasteiger partial charge in [0.15, 0.2) is 0 Å². The third kappa shape index (κ3) is 4.11. The first-order valence-corrected chi connectivity index (χ1v) is 11.0. The van der Waals surface area contributed by atoms with E-state index in [1.54, 1.807) is 12.1 Å². The van der Waals surface area contributed by atoms with E-state index in [9.17, 15) is 16.8 Å². The van der Waals surface area contributed by atoms with Gasteiger partial charge < -0.3 is 5.73 Å². The number of sulfonamides is 1. The summed E-state index contributed by atoms with van der Waals surface area (Å²) in [6.45, 7) is 0. The molecule has 6 nitrogen and oxygen atoms in total. The molecule has 1 fully saturated rings. The van der Waals surface area contributed by atoms with Gasteiger partial charge in [-0.1, -0.05) is 0 Å². The molecule has 0 bridgehead atoms. The van der Waals surface area contributed by atoms with Crippen molar-refractivity contribution >= 4 is 63.1 Å². The number of hydrogen-bond donors (Lipinski definition) is 2. The average molecular weight is 462 g/mol. The number of rotatable bonds is 3. The lowest BCUT2D eigenvalue weighted by Gasteiger charge is -2.23. The fourth-order valence-electron chi connectivity index (χ4n) is 2.09. The van der Waals surface area contributed by atoms with Crippen LogP contribution in [0.3, 0.4) is 0 Å². The maximum atomic E-state index is 12.4. The lowest BCUT2D eigenvalue weighted by molar-refractivity contribution is 0.555. The van der Waals surface area contributed by atoms with Crippen LogP contribution in [0.4, 0.5) is 11.4 Å². The summed E-state index contributed by atoms with van der Waals surface area (Å²) in [7, 11) is -6.76. The summed E-state index contributed by atoms with van der Waals surface area (Å²) in [4.78, 5) is 0. The maximum absolute atomic E-state index is 12.4. The summed E-state index contributed by atoms with van der Waals surface area (Å²) >= 11 is 6.52. The summed E-state index contributed by atoms with van der Waals surface area (Å²) in [5, 5.41) is -0.711. The van der Waals surface area contributed by atoms with Crippen LogP contribution in [0.2, 0.25) is 0 Å². The largest absolute Gasteiger partial charge is 0.399 e. The molecule has 2 rings (SSSR count). The molecule has 0 aliphatic carbocycles. The molecule has 1 aliphatic heterocycles. The van der Waals surface area contributed by atoms with Crippen molar-refractivity contribution in [3.63, 3.8) is 0 Å². The summed E-state index contributed by atoms with van der Waals surface area (Å²) in [6.07, 6.45) is 0.226. The van der Waals surface area contributed by atoms with Crippen LogP contribution in [-0.4, -0.2) is 33.6 Å². The molecule has 0 radical (unpaired) electrons. The number of halogens is 2. The molecule has 0 saturated carbocycles. The third-order valence-corrected chi connectivity index (χ3v) is 8.05. The molecule has 3 N–H and O–H groups in total. The van der Waals surface area contributed by atoms with Crippen LogP contribution in [0, 0.1) is 0 Å². The van der Waals surface area contributed by atoms with Gasteiger partial charge in [0, 0.05) is 14.6 Å². The van der Waals surface area contributed by atoms with Gasteiger partial charge in [0.1, 0.15) is 9.84 Å². The van der Waals surface area contributed by atoms with E-state index >= 15 is 0 Å². The standard InChI is InChI=1S/C11H14Br2N2O4S2/c12-9-5-7(14)6-10(13)11(9)15-21(18,19)8-1-3-20(16,17)4-2-8/h5-6,8,15H,1-4,14H2. The second-order valence-electron chi connectivity index (χ2n) is 4.86. The molecule has 0 unspecified atom stereocenters. The van der Waals surface area contributed by atoms with Crippen molar-refractivity contribution in [2.45, 2.75) is 18.1 Å². The summed E-state index contributed by atoms with van der Waals surface area (Å²) in [6, 6.07) is 3.18. The minimum absolute atomic E-state index is 0.0946. The fraction of sp³-hybridized carbons (Fsp3) is 0.455. The Kier molecular flexibility index (Phi) is 4.91. The van der Waals surface area contributed by atoms with Gasteiger partial charge in [-0.25, -0.2) is 16.8 Å². The summed E-state index contributed by atoms with van der Waals surface area (Å²) < 4.78 is 51.1. The van der Waals surface area contributed by atoms with E-state index in [-0.39, 0.29) is 24.3 Å². The lowest BCUT2D eigenvalue weighted by atomic mass is 10.2. The zero-order valence-corrected chi connectivity index (χ0v) is 15.6. The molecule has 0 atom stereocenters. The molecule has 10 heteroatoms. The number of benzene rings is 1. The van der Waals surface area contributed by atoms with E-state index in [0.29, 0.717) is 20.3 Å². The van der Waals surface area contributed by atoms with Gasteiger partial charge in [-0.2, -0.15) is 0 Å². The van der Waals surface area contributed by atoms with Crippen molar-refractivity contribution in [2.75, 3.05) is 22.0 Å². The normalized spacial score (nSPS) is 19.3. The zero-order chi connectivity index (χ0) is 15.8. The highest BCUT2D eigenvalue weighted by Gasteiger charge is 2.33. The van der Waals surface area contributed by atoms with Crippen LogP contribution >= 0.6 is 31.9 Å². The van der Waals surface area contributed by atoms with E-state index in [2.05, 4.69) is 36.6 Å². The predicted molar refractivity (Wildman–Crippen MR) is 90.5 cm³/mol. The van der Waals surface area contributed by atoms with E-state index in [1.807, 2.05) is 0 Å². The molecule has 1 aromatic carbocycles. The van der Waals surface area contributed by atoms with Crippen molar-refractivity contribution in [1.82, 2.24) is 0 Å². The van der Waals surface area contributed by atoms with Gasteiger partial charge in [-0.15, -0.1) is 0 Å². The van der Waals surface area contributed by atoms with Crippen LogP contribution in [-0.2, 0) is 19.9 Å². The van der Waals surface area contributed by atoms with Crippen molar-refractivity contribution in [3.05, 3.63) is 21.1 Å². The second kappa shape index (κ2) is 6.05. The number of nitrogen functional groups attached to an aromatic ring is 1. The smallest absolute Gasteiger partial charge is 0.235 e. The Labute approximate surface area is 140 Å². The molecule has 0 aromatic heterocycles. The molecule has 21 heavy (non-hydrogen) atoms. The fourth-order valence-corrected chi connectivity index (χ4v) is 7.09. The van der Waals surface area contributed by atoms with Gasteiger partial charge >= 0.3 is 0 Å². The first-order valence-electron chi connectivity index (χ1n) is 6.07. The molecule has 1 aliphatic rings. The topological polar surface area (TPSA) is 106 Å². The second-order valence-corrected chi connectivity index (χ2v) is 10.8. The first-order chi connectivity index (χ1) is 9.61. The molecule has 1 saturated heterocycles. The van der Waals surface area contributed by atoms with E-state index in [1.165, 1.54) is 0 Å². The maximum Gasteiger partial charge on any atom is 0.235 e. The Bertz CT molecular complexity index is 725. The Balaban J connectivity index is 2.23. The highest BCUT2D eigenvalue weighted by Crippen LogP contribution is 2.35. The monoisotopic (exact) mass is 460 g/mol. The molecule has 0 spiro atoms. The van der Waals surface area contributed by atoms with Crippen molar-refractivity contribution in [2.24, 2.45) is 0 Å². The van der Waals surface area contributed by atoms with Crippen molar-refractivity contribution < 1.29 is 16.8 Å². The third-order valence-electron chi connectivity index (χ3n) is 3.25.